The Labute approximate surface area is 146 Å². The van der Waals surface area contributed by atoms with Crippen molar-refractivity contribution in [2.45, 2.75) is 12.5 Å². The van der Waals surface area contributed by atoms with Gasteiger partial charge in [-0.05, 0) is 12.0 Å². The van der Waals surface area contributed by atoms with Crippen LogP contribution in [0, 0.1) is 20.2 Å². The van der Waals surface area contributed by atoms with Crippen molar-refractivity contribution in [3.8, 4) is 0 Å². The summed E-state index contributed by atoms with van der Waals surface area (Å²) in [6, 6.07) is 9.37. The summed E-state index contributed by atoms with van der Waals surface area (Å²) in [5.74, 6) is -2.55. The van der Waals surface area contributed by atoms with Crippen molar-refractivity contribution in [3.05, 3.63) is 79.9 Å². The molecule has 0 aliphatic carbocycles. The lowest BCUT2D eigenvalue weighted by Crippen LogP contribution is -2.49. The van der Waals surface area contributed by atoms with Crippen LogP contribution in [-0.2, 0) is 11.2 Å². The van der Waals surface area contributed by atoms with Gasteiger partial charge in [0.15, 0.2) is 0 Å². The van der Waals surface area contributed by atoms with E-state index in [9.17, 15) is 34.9 Å². The van der Waals surface area contributed by atoms with Crippen LogP contribution in [0.25, 0.3) is 0 Å². The Morgan fingerprint density at radius 3 is 1.96 bits per heavy atom. The zero-order chi connectivity index (χ0) is 19.3. The van der Waals surface area contributed by atoms with Crippen molar-refractivity contribution in [1.29, 1.82) is 0 Å². The van der Waals surface area contributed by atoms with Crippen molar-refractivity contribution in [2.24, 2.45) is 0 Å². The van der Waals surface area contributed by atoms with Gasteiger partial charge in [0.1, 0.15) is 0 Å². The predicted molar refractivity (Wildman–Crippen MR) is 86.2 cm³/mol. The standard InChI is InChI=1S/C16H13N3O7/c20-15(11-7-12(18(23)24)9-13(8-11)19(25)26)17-14(16(21)22)6-10-4-2-1-3-5-10/h1-5,7-9,14H,6H2,(H,17,20)(H,21,22)/p-1/t14-/m0/s1. The van der Waals surface area contributed by atoms with Gasteiger partial charge in [-0.1, -0.05) is 30.3 Å². The average molecular weight is 358 g/mol. The first-order valence-corrected chi connectivity index (χ1v) is 7.27. The van der Waals surface area contributed by atoms with Gasteiger partial charge in [0, 0.05) is 12.1 Å². The summed E-state index contributed by atoms with van der Waals surface area (Å²) < 4.78 is 0. The number of carboxylic acid groups (broad SMARTS) is 1. The van der Waals surface area contributed by atoms with E-state index >= 15 is 0 Å². The first-order valence-electron chi connectivity index (χ1n) is 7.27. The zero-order valence-corrected chi connectivity index (χ0v) is 13.2. The maximum atomic E-state index is 12.3. The molecule has 1 atom stereocenters. The second kappa shape index (κ2) is 7.83. The summed E-state index contributed by atoms with van der Waals surface area (Å²) in [6.07, 6.45) is -0.0774. The fourth-order valence-electron chi connectivity index (χ4n) is 2.22. The second-order valence-corrected chi connectivity index (χ2v) is 5.29. The number of hydrogen-bond donors (Lipinski definition) is 1. The van der Waals surface area contributed by atoms with Crippen molar-refractivity contribution in [2.75, 3.05) is 0 Å². The third-order valence-corrected chi connectivity index (χ3v) is 3.46. The Kier molecular flexibility index (Phi) is 5.58. The number of nitrogens with zero attached hydrogens (tertiary/aromatic N) is 2. The zero-order valence-electron chi connectivity index (χ0n) is 13.2. The number of nitro benzene ring substituents is 2. The molecule has 0 spiro atoms. The quantitative estimate of drug-likeness (QED) is 0.561. The molecule has 0 fully saturated rings. The number of hydrogen-bond acceptors (Lipinski definition) is 7. The van der Waals surface area contributed by atoms with Gasteiger partial charge in [-0.2, -0.15) is 0 Å². The van der Waals surface area contributed by atoms with Crippen molar-refractivity contribution >= 4 is 23.3 Å². The molecule has 2 aromatic carbocycles. The highest BCUT2D eigenvalue weighted by Gasteiger charge is 2.22. The lowest BCUT2D eigenvalue weighted by molar-refractivity contribution is -0.394. The third kappa shape index (κ3) is 4.60. The van der Waals surface area contributed by atoms with E-state index in [0.29, 0.717) is 11.6 Å². The van der Waals surface area contributed by atoms with Crippen molar-refractivity contribution < 1.29 is 24.5 Å². The average Bonchev–Trinajstić information content (AvgIpc) is 2.61. The minimum atomic E-state index is -1.55. The summed E-state index contributed by atoms with van der Waals surface area (Å²) in [6.45, 7) is 0. The van der Waals surface area contributed by atoms with Gasteiger partial charge in [-0.25, -0.2) is 0 Å². The highest BCUT2D eigenvalue weighted by atomic mass is 16.6. The number of benzene rings is 2. The van der Waals surface area contributed by atoms with Crippen LogP contribution in [0.5, 0.6) is 0 Å². The van der Waals surface area contributed by atoms with Crippen LogP contribution < -0.4 is 10.4 Å². The molecule has 0 saturated heterocycles. The topological polar surface area (TPSA) is 156 Å². The molecule has 0 aromatic heterocycles. The van der Waals surface area contributed by atoms with E-state index < -0.39 is 44.7 Å². The molecule has 1 N–H and O–H groups in total. The summed E-state index contributed by atoms with van der Waals surface area (Å²) in [5.41, 5.74) is -1.09. The number of nitro groups is 2. The molecule has 10 nitrogen and oxygen atoms in total. The van der Waals surface area contributed by atoms with Crippen LogP contribution in [0.2, 0.25) is 0 Å². The van der Waals surface area contributed by atoms with Crippen LogP contribution in [0.15, 0.2) is 48.5 Å². The number of aliphatic carboxylic acids is 1. The lowest BCUT2D eigenvalue weighted by Gasteiger charge is -2.19. The van der Waals surface area contributed by atoms with Crippen LogP contribution in [0.4, 0.5) is 11.4 Å². The van der Waals surface area contributed by atoms with Gasteiger partial charge in [-0.3, -0.25) is 25.0 Å². The Morgan fingerprint density at radius 2 is 1.50 bits per heavy atom. The molecule has 0 aliphatic heterocycles. The molecular weight excluding hydrogens is 346 g/mol. The highest BCUT2D eigenvalue weighted by molar-refractivity contribution is 5.97. The van der Waals surface area contributed by atoms with Crippen LogP contribution >= 0.6 is 0 Å². The van der Waals surface area contributed by atoms with Crippen molar-refractivity contribution in [3.63, 3.8) is 0 Å². The SMILES string of the molecule is O=C(N[C@@H](Cc1ccccc1)C(=O)[O-])c1cc([N+](=O)[O-])cc([N+](=O)[O-])c1. The predicted octanol–water partition coefficient (Wildman–Crippen LogP) is 0.594. The monoisotopic (exact) mass is 358 g/mol. The number of carbonyl (C=O) groups excluding carboxylic acids is 2. The van der Waals surface area contributed by atoms with Gasteiger partial charge in [0.2, 0.25) is 0 Å². The number of rotatable bonds is 7. The molecule has 0 aliphatic rings. The Morgan fingerprint density at radius 1 is 0.962 bits per heavy atom. The molecule has 10 heteroatoms. The summed E-state index contributed by atoms with van der Waals surface area (Å²) in [5, 5.41) is 35.2. The fourth-order valence-corrected chi connectivity index (χ4v) is 2.22. The Bertz CT molecular complexity index is 835. The van der Waals surface area contributed by atoms with Gasteiger partial charge in [-0.15, -0.1) is 0 Å². The molecule has 0 heterocycles. The van der Waals surface area contributed by atoms with Crippen LogP contribution in [-0.4, -0.2) is 27.8 Å². The summed E-state index contributed by atoms with van der Waals surface area (Å²) >= 11 is 0. The molecule has 0 saturated carbocycles. The normalized spacial score (nSPS) is 11.4. The van der Waals surface area contributed by atoms with E-state index in [1.165, 1.54) is 0 Å². The number of non-ortho nitro benzene ring substituents is 2. The van der Waals surface area contributed by atoms with Crippen LogP contribution in [0.1, 0.15) is 15.9 Å². The van der Waals surface area contributed by atoms with Crippen LogP contribution in [0.3, 0.4) is 0 Å². The largest absolute Gasteiger partial charge is 0.548 e. The number of nitrogens with one attached hydrogen (secondary N) is 1. The molecule has 0 radical (unpaired) electrons. The minimum absolute atomic E-state index is 0.0774. The van der Waals surface area contributed by atoms with E-state index in [0.717, 1.165) is 12.1 Å². The number of amides is 1. The molecule has 0 bridgehead atoms. The van der Waals surface area contributed by atoms with Gasteiger partial charge < -0.3 is 15.2 Å². The summed E-state index contributed by atoms with van der Waals surface area (Å²) in [4.78, 5) is 43.5. The Balaban J connectivity index is 2.27. The van der Waals surface area contributed by atoms with Gasteiger partial charge in [0.05, 0.1) is 33.5 Å². The second-order valence-electron chi connectivity index (χ2n) is 5.29. The fraction of sp³-hybridized carbons (Fsp3) is 0.125. The first kappa shape index (κ1) is 18.5. The van der Waals surface area contributed by atoms with E-state index in [1.807, 2.05) is 0 Å². The van der Waals surface area contributed by atoms with Gasteiger partial charge in [0.25, 0.3) is 17.3 Å². The van der Waals surface area contributed by atoms with E-state index in [1.54, 1.807) is 30.3 Å². The van der Waals surface area contributed by atoms with Gasteiger partial charge >= 0.3 is 0 Å². The van der Waals surface area contributed by atoms with E-state index in [-0.39, 0.29) is 6.42 Å². The smallest absolute Gasteiger partial charge is 0.277 e. The molecule has 0 unspecified atom stereocenters. The molecular formula is C16H12N3O7-. The Hall–Kier alpha value is -3.82. The van der Waals surface area contributed by atoms with E-state index in [4.69, 9.17) is 0 Å². The lowest BCUT2D eigenvalue weighted by atomic mass is 10.1. The molecule has 26 heavy (non-hydrogen) atoms. The third-order valence-electron chi connectivity index (χ3n) is 3.46. The summed E-state index contributed by atoms with van der Waals surface area (Å²) in [7, 11) is 0. The number of carbonyl (C=O) groups is 2. The molecule has 2 aromatic rings. The maximum Gasteiger partial charge on any atom is 0.277 e. The number of carboxylic acids is 1. The molecule has 1 amide bonds. The van der Waals surface area contributed by atoms with Crippen molar-refractivity contribution in [1.82, 2.24) is 5.32 Å². The van der Waals surface area contributed by atoms with E-state index in [2.05, 4.69) is 5.32 Å². The highest BCUT2D eigenvalue weighted by Crippen LogP contribution is 2.22. The molecule has 2 rings (SSSR count). The molecule has 134 valence electrons. The first-order chi connectivity index (χ1) is 12.3. The maximum absolute atomic E-state index is 12.3. The minimum Gasteiger partial charge on any atom is -0.548 e.